The van der Waals surface area contributed by atoms with E-state index in [4.69, 9.17) is 25.8 Å². The number of nitrogens with one attached hydrogen (secondary N) is 1. The molecule has 40 heavy (non-hydrogen) atoms. The molecule has 0 saturated heterocycles. The monoisotopic (exact) mass is 580 g/mol. The van der Waals surface area contributed by atoms with Crippen molar-refractivity contribution in [1.82, 2.24) is 15.0 Å². The molecular formula is C29H26ClFN4O4S. The molecule has 0 fully saturated rings. The highest BCUT2D eigenvalue weighted by atomic mass is 35.5. The number of amides is 1. The minimum absolute atomic E-state index is 0.0308. The number of carbonyl (C=O) groups excluding carboxylic acids is 1. The molecule has 206 valence electrons. The standard InChI is InChI=1S/C29H26ClFN4O4S/c1-14-6-20(12-32-15(14)2)34-29(36)39-17(4)16(3)38-25-11-26-24(10-23(25)31)35-28(40-26)22-9-19(30)7-18-8-21(37-5)13-33-27(18)22/h6-13,16-17H,1-5H3,(H,34,36)/t16-,17+/m0/s1. The molecule has 2 atom stereocenters. The highest BCUT2D eigenvalue weighted by Gasteiger charge is 2.22. The lowest BCUT2D eigenvalue weighted by Crippen LogP contribution is -2.32. The van der Waals surface area contributed by atoms with Crippen molar-refractivity contribution in [3.63, 3.8) is 0 Å². The van der Waals surface area contributed by atoms with E-state index in [-0.39, 0.29) is 5.75 Å². The first-order valence-electron chi connectivity index (χ1n) is 12.4. The molecule has 11 heteroatoms. The van der Waals surface area contributed by atoms with Crippen molar-refractivity contribution in [3.05, 3.63) is 70.9 Å². The van der Waals surface area contributed by atoms with Crippen molar-refractivity contribution >= 4 is 55.8 Å². The molecule has 0 spiro atoms. The van der Waals surface area contributed by atoms with Gasteiger partial charge < -0.3 is 14.2 Å². The van der Waals surface area contributed by atoms with Gasteiger partial charge in [0.15, 0.2) is 11.6 Å². The SMILES string of the molecule is COc1cnc2c(-c3nc4cc(F)c(O[C@@H](C)[C@@H](C)OC(=O)Nc5cnc(C)c(C)c5)cc4s3)cc(Cl)cc2c1. The van der Waals surface area contributed by atoms with E-state index in [1.165, 1.54) is 17.4 Å². The Morgan fingerprint density at radius 3 is 2.60 bits per heavy atom. The van der Waals surface area contributed by atoms with E-state index in [0.717, 1.165) is 22.2 Å². The van der Waals surface area contributed by atoms with Crippen LogP contribution in [0.25, 0.3) is 31.7 Å². The Balaban J connectivity index is 1.34. The maximum atomic E-state index is 15.0. The molecule has 5 rings (SSSR count). The first kappa shape index (κ1) is 27.5. The number of aryl methyl sites for hydroxylation is 2. The van der Waals surface area contributed by atoms with E-state index in [2.05, 4.69) is 20.3 Å². The third-order valence-corrected chi connectivity index (χ3v) is 7.75. The van der Waals surface area contributed by atoms with E-state index < -0.39 is 24.1 Å². The van der Waals surface area contributed by atoms with Crippen molar-refractivity contribution in [2.75, 3.05) is 12.4 Å². The first-order valence-corrected chi connectivity index (χ1v) is 13.6. The summed E-state index contributed by atoms with van der Waals surface area (Å²) in [6, 6.07) is 10.2. The van der Waals surface area contributed by atoms with Crippen LogP contribution in [0.2, 0.25) is 5.02 Å². The largest absolute Gasteiger partial charge is 0.495 e. The smallest absolute Gasteiger partial charge is 0.412 e. The molecular weight excluding hydrogens is 555 g/mol. The maximum absolute atomic E-state index is 15.0. The molecule has 2 aromatic carbocycles. The Morgan fingerprint density at radius 1 is 1.05 bits per heavy atom. The molecule has 0 aliphatic carbocycles. The van der Waals surface area contributed by atoms with Crippen LogP contribution < -0.4 is 14.8 Å². The van der Waals surface area contributed by atoms with Gasteiger partial charge in [-0.1, -0.05) is 11.6 Å². The van der Waals surface area contributed by atoms with Gasteiger partial charge in [-0.3, -0.25) is 15.3 Å². The zero-order chi connectivity index (χ0) is 28.6. The number of fused-ring (bicyclic) bond motifs is 2. The number of rotatable bonds is 7. The number of pyridine rings is 2. The zero-order valence-electron chi connectivity index (χ0n) is 22.4. The number of hydrogen-bond acceptors (Lipinski definition) is 8. The lowest BCUT2D eigenvalue weighted by atomic mass is 10.1. The normalized spacial score (nSPS) is 12.8. The average Bonchev–Trinajstić information content (AvgIpc) is 3.32. The molecule has 8 nitrogen and oxygen atoms in total. The molecule has 0 unspecified atom stereocenters. The molecule has 5 aromatic rings. The Bertz CT molecular complexity index is 1750. The molecule has 3 heterocycles. The third-order valence-electron chi connectivity index (χ3n) is 6.48. The number of nitrogens with zero attached hydrogens (tertiary/aromatic N) is 3. The molecule has 1 N–H and O–H groups in total. The number of halogens is 2. The van der Waals surface area contributed by atoms with Gasteiger partial charge in [0.2, 0.25) is 0 Å². The van der Waals surface area contributed by atoms with Crippen LogP contribution in [0, 0.1) is 19.7 Å². The van der Waals surface area contributed by atoms with Crippen molar-refractivity contribution in [3.8, 4) is 22.1 Å². The first-order chi connectivity index (χ1) is 19.1. The van der Waals surface area contributed by atoms with E-state index in [1.807, 2.05) is 19.9 Å². The second kappa shape index (κ2) is 11.2. The number of benzene rings is 2. The fourth-order valence-electron chi connectivity index (χ4n) is 4.02. The molecule has 0 aliphatic rings. The quantitative estimate of drug-likeness (QED) is 0.210. The minimum Gasteiger partial charge on any atom is -0.495 e. The molecule has 0 aliphatic heterocycles. The number of ether oxygens (including phenoxy) is 3. The molecule has 0 bridgehead atoms. The molecule has 0 radical (unpaired) electrons. The number of thiazole rings is 1. The number of methoxy groups -OCH3 is 1. The summed E-state index contributed by atoms with van der Waals surface area (Å²) in [4.78, 5) is 25.8. The second-order valence-electron chi connectivity index (χ2n) is 9.35. The summed E-state index contributed by atoms with van der Waals surface area (Å²) in [6.07, 6.45) is 1.21. The Labute approximate surface area is 239 Å². The lowest BCUT2D eigenvalue weighted by Gasteiger charge is -2.22. The van der Waals surface area contributed by atoms with Crippen LogP contribution in [0.15, 0.2) is 48.8 Å². The Morgan fingerprint density at radius 2 is 1.85 bits per heavy atom. The summed E-state index contributed by atoms with van der Waals surface area (Å²) < 4.78 is 32.4. The molecule has 0 saturated carbocycles. The van der Waals surface area contributed by atoms with E-state index in [9.17, 15) is 4.79 Å². The van der Waals surface area contributed by atoms with Gasteiger partial charge in [-0.15, -0.1) is 11.3 Å². The summed E-state index contributed by atoms with van der Waals surface area (Å²) in [5.74, 6) is 0.0667. The van der Waals surface area contributed by atoms with Crippen LogP contribution in [0.4, 0.5) is 14.9 Å². The van der Waals surface area contributed by atoms with E-state index >= 15 is 4.39 Å². The van der Waals surface area contributed by atoms with Crippen molar-refractivity contribution < 1.29 is 23.4 Å². The molecule has 3 aromatic heterocycles. The van der Waals surface area contributed by atoms with Gasteiger partial charge in [0.1, 0.15) is 23.0 Å². The van der Waals surface area contributed by atoms with Crippen molar-refractivity contribution in [1.29, 1.82) is 0 Å². The highest BCUT2D eigenvalue weighted by molar-refractivity contribution is 7.21. The molecule has 1 amide bonds. The van der Waals surface area contributed by atoms with Gasteiger partial charge in [0, 0.05) is 33.8 Å². The van der Waals surface area contributed by atoms with Crippen LogP contribution in [0.1, 0.15) is 25.1 Å². The number of hydrogen-bond donors (Lipinski definition) is 1. The Kier molecular flexibility index (Phi) is 7.73. The highest BCUT2D eigenvalue weighted by Crippen LogP contribution is 2.38. The summed E-state index contributed by atoms with van der Waals surface area (Å²) in [6.45, 7) is 7.17. The number of anilines is 1. The van der Waals surface area contributed by atoms with E-state index in [1.54, 1.807) is 57.6 Å². The average molecular weight is 581 g/mol. The van der Waals surface area contributed by atoms with Crippen LogP contribution >= 0.6 is 22.9 Å². The van der Waals surface area contributed by atoms with Gasteiger partial charge in [-0.25, -0.2) is 14.2 Å². The van der Waals surface area contributed by atoms with Crippen LogP contribution in [0.3, 0.4) is 0 Å². The fourth-order valence-corrected chi connectivity index (χ4v) is 5.24. The topological polar surface area (TPSA) is 95.5 Å². The van der Waals surface area contributed by atoms with Crippen LogP contribution in [-0.2, 0) is 4.74 Å². The number of aromatic nitrogens is 3. The summed E-state index contributed by atoms with van der Waals surface area (Å²) >= 11 is 7.75. The van der Waals surface area contributed by atoms with Crippen molar-refractivity contribution in [2.24, 2.45) is 0 Å². The maximum Gasteiger partial charge on any atom is 0.412 e. The minimum atomic E-state index is -0.674. The van der Waals surface area contributed by atoms with Gasteiger partial charge in [0.25, 0.3) is 0 Å². The van der Waals surface area contributed by atoms with Crippen molar-refractivity contribution in [2.45, 2.75) is 39.9 Å². The predicted octanol–water partition coefficient (Wildman–Crippen LogP) is 7.73. The summed E-state index contributed by atoms with van der Waals surface area (Å²) in [7, 11) is 1.57. The predicted molar refractivity (Wildman–Crippen MR) is 155 cm³/mol. The van der Waals surface area contributed by atoms with Crippen LogP contribution in [0.5, 0.6) is 11.5 Å². The van der Waals surface area contributed by atoms with E-state index in [0.29, 0.717) is 37.2 Å². The van der Waals surface area contributed by atoms with Gasteiger partial charge >= 0.3 is 6.09 Å². The van der Waals surface area contributed by atoms with Gasteiger partial charge in [-0.05, 0) is 57.5 Å². The zero-order valence-corrected chi connectivity index (χ0v) is 24.0. The summed E-state index contributed by atoms with van der Waals surface area (Å²) in [5.41, 5.74) is 4.25. The Hall–Kier alpha value is -4.02. The van der Waals surface area contributed by atoms with Crippen LogP contribution in [-0.4, -0.2) is 40.4 Å². The summed E-state index contributed by atoms with van der Waals surface area (Å²) in [5, 5.41) is 4.62. The van der Waals surface area contributed by atoms with Gasteiger partial charge in [0.05, 0.1) is 40.9 Å². The number of carbonyl (C=O) groups is 1. The third kappa shape index (κ3) is 5.78. The second-order valence-corrected chi connectivity index (χ2v) is 10.8. The van der Waals surface area contributed by atoms with Gasteiger partial charge in [-0.2, -0.15) is 0 Å². The fraction of sp³-hybridized carbons (Fsp3) is 0.241. The lowest BCUT2D eigenvalue weighted by molar-refractivity contribution is 0.0402.